The SMILES string of the molecule is CC[C@H](C)NC(=O)[C@H](Cc1ccccc1)N(Cc1cccc(OC)c1)C(=O)CCCN(c1ccc2c(c1)OCO2)S(C)(=O)=O. The molecule has 2 atom stereocenters. The van der Waals surface area contributed by atoms with Crippen LogP contribution in [0.4, 0.5) is 5.69 Å². The van der Waals surface area contributed by atoms with Crippen LogP contribution < -0.4 is 23.8 Å². The summed E-state index contributed by atoms with van der Waals surface area (Å²) in [6.45, 7) is 4.24. The number of rotatable bonds is 15. The van der Waals surface area contributed by atoms with E-state index in [1.807, 2.05) is 68.4 Å². The van der Waals surface area contributed by atoms with Crippen LogP contribution in [0.3, 0.4) is 0 Å². The van der Waals surface area contributed by atoms with Gasteiger partial charge in [0.05, 0.1) is 19.1 Å². The minimum atomic E-state index is -3.66. The standard InChI is InChI=1S/C33H41N3O7S/c1-5-24(2)34-33(38)29(20-25-11-7-6-8-12-25)35(22-26-13-9-14-28(19-26)41-3)32(37)15-10-18-36(44(4,39)40)27-16-17-30-31(21-27)43-23-42-30/h6-9,11-14,16-17,19,21,24,29H,5,10,15,18,20,22-23H2,1-4H3,(H,34,38)/t24-,29-/m0/s1. The number of methoxy groups -OCH3 is 1. The molecule has 1 aliphatic heterocycles. The van der Waals surface area contributed by atoms with Gasteiger partial charge in [-0.05, 0) is 55.2 Å². The molecule has 44 heavy (non-hydrogen) atoms. The largest absolute Gasteiger partial charge is 0.497 e. The number of sulfonamides is 1. The van der Waals surface area contributed by atoms with Gasteiger partial charge in [-0.1, -0.05) is 49.4 Å². The van der Waals surface area contributed by atoms with Crippen molar-refractivity contribution in [1.82, 2.24) is 10.2 Å². The third kappa shape index (κ3) is 8.66. The Balaban J connectivity index is 1.59. The van der Waals surface area contributed by atoms with Gasteiger partial charge in [0.1, 0.15) is 11.8 Å². The lowest BCUT2D eigenvalue weighted by atomic mass is 10.0. The maximum Gasteiger partial charge on any atom is 0.243 e. The summed E-state index contributed by atoms with van der Waals surface area (Å²) in [4.78, 5) is 29.4. The molecule has 0 aliphatic carbocycles. The molecular formula is C33H41N3O7S. The number of anilines is 1. The highest BCUT2D eigenvalue weighted by Gasteiger charge is 2.31. The third-order valence-electron chi connectivity index (χ3n) is 7.56. The van der Waals surface area contributed by atoms with Crippen molar-refractivity contribution in [2.75, 3.05) is 31.0 Å². The molecule has 11 heteroatoms. The molecule has 0 radical (unpaired) electrons. The second-order valence-electron chi connectivity index (χ2n) is 10.9. The lowest BCUT2D eigenvalue weighted by molar-refractivity contribution is -0.141. The molecule has 0 aromatic heterocycles. The molecule has 236 valence electrons. The van der Waals surface area contributed by atoms with Crippen LogP contribution in [0.1, 0.15) is 44.2 Å². The highest BCUT2D eigenvalue weighted by Crippen LogP contribution is 2.36. The van der Waals surface area contributed by atoms with Crippen LogP contribution in [0.2, 0.25) is 0 Å². The average Bonchev–Trinajstić information content (AvgIpc) is 3.49. The van der Waals surface area contributed by atoms with Crippen molar-refractivity contribution in [3.8, 4) is 17.2 Å². The van der Waals surface area contributed by atoms with Gasteiger partial charge in [0.15, 0.2) is 11.5 Å². The van der Waals surface area contributed by atoms with Crippen LogP contribution in [0.25, 0.3) is 0 Å². The molecular weight excluding hydrogens is 582 g/mol. The Kier molecular flexibility index (Phi) is 11.1. The lowest BCUT2D eigenvalue weighted by Gasteiger charge is -2.33. The van der Waals surface area contributed by atoms with E-state index in [1.165, 1.54) is 4.31 Å². The third-order valence-corrected chi connectivity index (χ3v) is 8.75. The first-order valence-corrected chi connectivity index (χ1v) is 16.6. The van der Waals surface area contributed by atoms with E-state index in [2.05, 4.69) is 5.32 Å². The molecule has 3 aromatic rings. The molecule has 1 aliphatic rings. The van der Waals surface area contributed by atoms with Crippen molar-refractivity contribution in [2.45, 2.75) is 58.2 Å². The van der Waals surface area contributed by atoms with E-state index in [1.54, 1.807) is 30.2 Å². The van der Waals surface area contributed by atoms with Crippen molar-refractivity contribution in [3.05, 3.63) is 83.9 Å². The Bertz CT molecular complexity index is 1530. The minimum Gasteiger partial charge on any atom is -0.497 e. The Hall–Kier alpha value is -4.25. The van der Waals surface area contributed by atoms with Crippen molar-refractivity contribution in [1.29, 1.82) is 0 Å². The van der Waals surface area contributed by atoms with Gasteiger partial charge in [-0.15, -0.1) is 0 Å². The molecule has 4 rings (SSSR count). The number of fused-ring (bicyclic) bond motifs is 1. The first kappa shape index (κ1) is 32.7. The van der Waals surface area contributed by atoms with Gasteiger partial charge in [-0.2, -0.15) is 0 Å². The van der Waals surface area contributed by atoms with E-state index in [0.29, 0.717) is 29.4 Å². The zero-order valence-electron chi connectivity index (χ0n) is 25.7. The van der Waals surface area contributed by atoms with Crippen LogP contribution in [-0.4, -0.2) is 63.9 Å². The number of ether oxygens (including phenoxy) is 3. The van der Waals surface area contributed by atoms with Gasteiger partial charge < -0.3 is 24.4 Å². The number of nitrogens with one attached hydrogen (secondary N) is 1. The highest BCUT2D eigenvalue weighted by atomic mass is 32.2. The molecule has 0 spiro atoms. The summed E-state index contributed by atoms with van der Waals surface area (Å²) < 4.78 is 43.0. The molecule has 10 nitrogen and oxygen atoms in total. The summed E-state index contributed by atoms with van der Waals surface area (Å²) in [5.74, 6) is 1.16. The second kappa shape index (κ2) is 15.0. The fourth-order valence-corrected chi connectivity index (χ4v) is 5.96. The van der Waals surface area contributed by atoms with Gasteiger partial charge in [-0.3, -0.25) is 13.9 Å². The van der Waals surface area contributed by atoms with E-state index in [0.717, 1.165) is 23.8 Å². The van der Waals surface area contributed by atoms with Gasteiger partial charge in [0, 0.05) is 38.0 Å². The first-order valence-electron chi connectivity index (χ1n) is 14.7. The second-order valence-corrected chi connectivity index (χ2v) is 12.8. The number of benzene rings is 3. The van der Waals surface area contributed by atoms with E-state index in [4.69, 9.17) is 14.2 Å². The number of hydrogen-bond donors (Lipinski definition) is 1. The zero-order valence-corrected chi connectivity index (χ0v) is 26.5. The zero-order chi connectivity index (χ0) is 31.7. The molecule has 0 saturated heterocycles. The predicted molar refractivity (Wildman–Crippen MR) is 169 cm³/mol. The molecule has 0 fully saturated rings. The normalized spacial score (nSPS) is 13.5. The number of nitrogens with zero attached hydrogens (tertiary/aromatic N) is 2. The molecule has 0 saturated carbocycles. The van der Waals surface area contributed by atoms with E-state index >= 15 is 0 Å². The number of amides is 2. The number of carbonyl (C=O) groups excluding carboxylic acids is 2. The lowest BCUT2D eigenvalue weighted by Crippen LogP contribution is -2.52. The van der Waals surface area contributed by atoms with Gasteiger partial charge >= 0.3 is 0 Å². The summed E-state index contributed by atoms with van der Waals surface area (Å²) in [6.07, 6.45) is 2.46. The first-order chi connectivity index (χ1) is 21.1. The monoisotopic (exact) mass is 623 g/mol. The molecule has 1 N–H and O–H groups in total. The number of hydrogen-bond acceptors (Lipinski definition) is 7. The Labute approximate surface area is 260 Å². The van der Waals surface area contributed by atoms with Gasteiger partial charge in [-0.25, -0.2) is 8.42 Å². The van der Waals surface area contributed by atoms with Crippen molar-refractivity contribution < 1.29 is 32.2 Å². The quantitative estimate of drug-likeness (QED) is 0.265. The molecule has 2 amide bonds. The molecule has 1 heterocycles. The van der Waals surface area contributed by atoms with E-state index in [-0.39, 0.29) is 50.6 Å². The highest BCUT2D eigenvalue weighted by molar-refractivity contribution is 7.92. The van der Waals surface area contributed by atoms with E-state index in [9.17, 15) is 18.0 Å². The van der Waals surface area contributed by atoms with Crippen LogP contribution >= 0.6 is 0 Å². The van der Waals surface area contributed by atoms with Crippen LogP contribution in [-0.2, 0) is 32.6 Å². The fourth-order valence-electron chi connectivity index (χ4n) is 5.01. The molecule has 0 bridgehead atoms. The van der Waals surface area contributed by atoms with Gasteiger partial charge in [0.25, 0.3) is 0 Å². The Morgan fingerprint density at radius 3 is 2.41 bits per heavy atom. The molecule has 0 unspecified atom stereocenters. The summed E-state index contributed by atoms with van der Waals surface area (Å²) in [6, 6.07) is 21.1. The Morgan fingerprint density at radius 1 is 0.977 bits per heavy atom. The van der Waals surface area contributed by atoms with Crippen molar-refractivity contribution >= 4 is 27.5 Å². The summed E-state index contributed by atoms with van der Waals surface area (Å²) >= 11 is 0. The number of carbonyl (C=O) groups is 2. The van der Waals surface area contributed by atoms with Crippen molar-refractivity contribution in [3.63, 3.8) is 0 Å². The summed E-state index contributed by atoms with van der Waals surface area (Å²) in [5.41, 5.74) is 2.16. The average molecular weight is 624 g/mol. The summed E-state index contributed by atoms with van der Waals surface area (Å²) in [5, 5.41) is 3.06. The van der Waals surface area contributed by atoms with E-state index < -0.39 is 16.1 Å². The van der Waals surface area contributed by atoms with Gasteiger partial charge in [0.2, 0.25) is 28.6 Å². The predicted octanol–water partition coefficient (Wildman–Crippen LogP) is 4.52. The van der Waals surface area contributed by atoms with Crippen molar-refractivity contribution in [2.24, 2.45) is 0 Å². The maximum atomic E-state index is 14.0. The minimum absolute atomic E-state index is 0.0302. The smallest absolute Gasteiger partial charge is 0.243 e. The fraction of sp³-hybridized carbons (Fsp3) is 0.394. The topological polar surface area (TPSA) is 114 Å². The van der Waals surface area contributed by atoms with Crippen LogP contribution in [0.15, 0.2) is 72.8 Å². The Morgan fingerprint density at radius 2 is 1.70 bits per heavy atom. The van der Waals surface area contributed by atoms with Crippen LogP contribution in [0, 0.1) is 0 Å². The maximum absolute atomic E-state index is 14.0. The summed E-state index contributed by atoms with van der Waals surface area (Å²) in [7, 11) is -2.09. The van der Waals surface area contributed by atoms with Crippen LogP contribution in [0.5, 0.6) is 17.2 Å². The molecule has 3 aromatic carbocycles.